The summed E-state index contributed by atoms with van der Waals surface area (Å²) < 4.78 is 34.3. The quantitative estimate of drug-likeness (QED) is 0.804. The maximum Gasteiger partial charge on any atom is 0.357 e. The summed E-state index contributed by atoms with van der Waals surface area (Å²) in [6.07, 6.45) is -2.74. The van der Waals surface area contributed by atoms with Crippen LogP contribution in [-0.4, -0.2) is 25.2 Å². The average molecular weight is 296 g/mol. The van der Waals surface area contributed by atoms with Gasteiger partial charge in [0.05, 0.1) is 18.7 Å². The summed E-state index contributed by atoms with van der Waals surface area (Å²) in [5, 5.41) is 0. The van der Waals surface area contributed by atoms with Crippen molar-refractivity contribution in [1.82, 2.24) is 4.98 Å². The molecule has 0 saturated carbocycles. The first kappa shape index (κ1) is 12.8. The molecule has 1 aromatic heterocycles. The second-order valence-electron chi connectivity index (χ2n) is 2.71. The molecular weight excluding hydrogens is 288 g/mol. The number of hydrogen-bond donors (Lipinski definition) is 0. The van der Waals surface area contributed by atoms with Gasteiger partial charge in [0.2, 0.25) is 5.88 Å². The predicted molar refractivity (Wildman–Crippen MR) is 54.8 cm³/mol. The summed E-state index contributed by atoms with van der Waals surface area (Å²) in [7, 11) is 2.41. The summed E-state index contributed by atoms with van der Waals surface area (Å²) in [5.41, 5.74) is -0.607. The largest absolute Gasteiger partial charge is 0.481 e. The van der Waals surface area contributed by atoms with Gasteiger partial charge in [0.1, 0.15) is 0 Å². The molecule has 1 aromatic rings. The molecule has 4 nitrogen and oxygen atoms in total. The second kappa shape index (κ2) is 5.20. The summed E-state index contributed by atoms with van der Waals surface area (Å²) in [6.45, 7) is 0. The van der Waals surface area contributed by atoms with Crippen LogP contribution < -0.4 is 4.74 Å². The Morgan fingerprint density at radius 3 is 2.56 bits per heavy atom. The lowest BCUT2D eigenvalue weighted by atomic mass is 10.2. The Hall–Kier alpha value is -1.24. The minimum atomic E-state index is -2.74. The summed E-state index contributed by atoms with van der Waals surface area (Å²) in [6, 6.07) is 1.06. The Kier molecular flexibility index (Phi) is 4.17. The van der Waals surface area contributed by atoms with Gasteiger partial charge in [0.15, 0.2) is 5.69 Å². The smallest absolute Gasteiger partial charge is 0.357 e. The van der Waals surface area contributed by atoms with E-state index in [9.17, 15) is 13.6 Å². The van der Waals surface area contributed by atoms with Gasteiger partial charge in [-0.15, -0.1) is 0 Å². The number of ether oxygens (including phenoxy) is 2. The van der Waals surface area contributed by atoms with Gasteiger partial charge >= 0.3 is 5.97 Å². The van der Waals surface area contributed by atoms with E-state index < -0.39 is 12.4 Å². The van der Waals surface area contributed by atoms with Crippen LogP contribution in [0.25, 0.3) is 0 Å². The van der Waals surface area contributed by atoms with Crippen LogP contribution in [0.3, 0.4) is 0 Å². The van der Waals surface area contributed by atoms with Gasteiger partial charge in [-0.2, -0.15) is 0 Å². The summed E-state index contributed by atoms with van der Waals surface area (Å²) >= 11 is 2.89. The molecule has 0 atom stereocenters. The number of aromatic nitrogens is 1. The molecule has 1 heterocycles. The highest BCUT2D eigenvalue weighted by atomic mass is 79.9. The Morgan fingerprint density at radius 1 is 1.50 bits per heavy atom. The molecule has 7 heteroatoms. The molecule has 0 fully saturated rings. The number of alkyl halides is 2. The number of methoxy groups -OCH3 is 2. The fourth-order valence-corrected chi connectivity index (χ4v) is 1.56. The maximum atomic E-state index is 12.6. The SMILES string of the molecule is COC(=O)c1nc(OC)cc(C(F)F)c1Br. The van der Waals surface area contributed by atoms with Gasteiger partial charge in [-0.05, 0) is 15.9 Å². The molecule has 0 unspecified atom stereocenters. The van der Waals surface area contributed by atoms with Crippen LogP contribution in [0.5, 0.6) is 5.88 Å². The fraction of sp³-hybridized carbons (Fsp3) is 0.333. The van der Waals surface area contributed by atoms with Crippen molar-refractivity contribution in [3.05, 3.63) is 21.8 Å². The molecule has 0 radical (unpaired) electrons. The van der Waals surface area contributed by atoms with E-state index in [1.54, 1.807) is 0 Å². The lowest BCUT2D eigenvalue weighted by Gasteiger charge is -2.09. The van der Waals surface area contributed by atoms with Crippen molar-refractivity contribution in [2.45, 2.75) is 6.43 Å². The third kappa shape index (κ3) is 2.46. The number of esters is 1. The molecule has 16 heavy (non-hydrogen) atoms. The number of carbonyl (C=O) groups excluding carboxylic acids is 1. The summed E-state index contributed by atoms with van der Waals surface area (Å²) in [5.74, 6) is -0.883. The molecule has 0 aliphatic rings. The number of halogens is 3. The fourth-order valence-electron chi connectivity index (χ4n) is 1.02. The molecule has 0 aromatic carbocycles. The third-order valence-corrected chi connectivity index (χ3v) is 2.62. The van der Waals surface area contributed by atoms with Crippen LogP contribution in [0.2, 0.25) is 0 Å². The molecule has 0 amide bonds. The van der Waals surface area contributed by atoms with Crippen molar-refractivity contribution in [1.29, 1.82) is 0 Å². The van der Waals surface area contributed by atoms with Gasteiger partial charge in [-0.1, -0.05) is 0 Å². The van der Waals surface area contributed by atoms with Gasteiger partial charge in [-0.3, -0.25) is 0 Å². The van der Waals surface area contributed by atoms with E-state index in [4.69, 9.17) is 4.74 Å². The first-order chi connectivity index (χ1) is 7.51. The Morgan fingerprint density at radius 2 is 2.12 bits per heavy atom. The van der Waals surface area contributed by atoms with E-state index in [0.29, 0.717) is 0 Å². The molecule has 88 valence electrons. The molecule has 0 bridgehead atoms. The second-order valence-corrected chi connectivity index (χ2v) is 3.50. The van der Waals surface area contributed by atoms with Gasteiger partial charge < -0.3 is 9.47 Å². The standard InChI is InChI=1S/C9H8BrF2NO3/c1-15-5-3-4(8(11)12)6(10)7(13-5)9(14)16-2/h3,8H,1-2H3. The van der Waals surface area contributed by atoms with Crippen LogP contribution in [-0.2, 0) is 4.74 Å². The molecule has 0 N–H and O–H groups in total. The predicted octanol–water partition coefficient (Wildman–Crippen LogP) is 2.58. The van der Waals surface area contributed by atoms with Crippen LogP contribution in [0.1, 0.15) is 22.5 Å². The molecule has 0 aliphatic carbocycles. The van der Waals surface area contributed by atoms with E-state index in [-0.39, 0.29) is 21.6 Å². The Labute approximate surface area is 98.7 Å². The van der Waals surface area contributed by atoms with E-state index >= 15 is 0 Å². The van der Waals surface area contributed by atoms with Crippen LogP contribution in [0.15, 0.2) is 10.5 Å². The highest BCUT2D eigenvalue weighted by Gasteiger charge is 2.22. The van der Waals surface area contributed by atoms with Crippen LogP contribution >= 0.6 is 15.9 Å². The van der Waals surface area contributed by atoms with Crippen molar-refractivity contribution >= 4 is 21.9 Å². The normalized spacial score (nSPS) is 10.4. The van der Waals surface area contributed by atoms with Crippen molar-refractivity contribution in [3.63, 3.8) is 0 Å². The zero-order valence-corrected chi connectivity index (χ0v) is 10.0. The molecular formula is C9H8BrF2NO3. The minimum absolute atomic E-state index is 0.0705. The molecule has 0 aliphatic heterocycles. The highest BCUT2D eigenvalue weighted by molar-refractivity contribution is 9.10. The average Bonchev–Trinajstić information content (AvgIpc) is 2.28. The number of rotatable bonds is 3. The molecule has 0 saturated heterocycles. The zero-order chi connectivity index (χ0) is 12.3. The van der Waals surface area contributed by atoms with Crippen molar-refractivity contribution < 1.29 is 23.0 Å². The minimum Gasteiger partial charge on any atom is -0.481 e. The highest BCUT2D eigenvalue weighted by Crippen LogP contribution is 2.32. The monoisotopic (exact) mass is 295 g/mol. The lowest BCUT2D eigenvalue weighted by molar-refractivity contribution is 0.0591. The topological polar surface area (TPSA) is 48.4 Å². The Bertz CT molecular complexity index is 412. The number of carbonyl (C=O) groups is 1. The van der Waals surface area contributed by atoms with E-state index in [1.165, 1.54) is 7.11 Å². The number of hydrogen-bond acceptors (Lipinski definition) is 4. The van der Waals surface area contributed by atoms with E-state index in [2.05, 4.69) is 25.7 Å². The van der Waals surface area contributed by atoms with Crippen molar-refractivity contribution in [2.24, 2.45) is 0 Å². The van der Waals surface area contributed by atoms with Crippen LogP contribution in [0.4, 0.5) is 8.78 Å². The third-order valence-electron chi connectivity index (χ3n) is 1.79. The van der Waals surface area contributed by atoms with Gasteiger partial charge in [0.25, 0.3) is 6.43 Å². The van der Waals surface area contributed by atoms with Crippen LogP contribution in [0, 0.1) is 0 Å². The van der Waals surface area contributed by atoms with Crippen molar-refractivity contribution in [3.8, 4) is 5.88 Å². The zero-order valence-electron chi connectivity index (χ0n) is 8.46. The lowest BCUT2D eigenvalue weighted by Crippen LogP contribution is -2.08. The first-order valence-electron chi connectivity index (χ1n) is 4.12. The van der Waals surface area contributed by atoms with E-state index in [0.717, 1.165) is 13.2 Å². The van der Waals surface area contributed by atoms with Gasteiger partial charge in [0, 0.05) is 11.6 Å². The summed E-state index contributed by atoms with van der Waals surface area (Å²) in [4.78, 5) is 15.0. The Balaban J connectivity index is 3.37. The first-order valence-corrected chi connectivity index (χ1v) is 4.91. The van der Waals surface area contributed by atoms with Gasteiger partial charge in [-0.25, -0.2) is 18.6 Å². The molecule has 1 rings (SSSR count). The van der Waals surface area contributed by atoms with E-state index in [1.807, 2.05) is 0 Å². The maximum absolute atomic E-state index is 12.6. The number of nitrogens with zero attached hydrogens (tertiary/aromatic N) is 1. The molecule has 0 spiro atoms. The number of pyridine rings is 1. The van der Waals surface area contributed by atoms with Crippen molar-refractivity contribution in [2.75, 3.05) is 14.2 Å².